The number of fused-ring (bicyclic) bond motifs is 3. The van der Waals surface area contributed by atoms with Crippen LogP contribution < -0.4 is 9.80 Å². The van der Waals surface area contributed by atoms with E-state index in [0.29, 0.717) is 38.6 Å². The highest BCUT2D eigenvalue weighted by Crippen LogP contribution is 2.37. The zero-order valence-corrected chi connectivity index (χ0v) is 13.3. The number of rotatable bonds is 3. The lowest BCUT2D eigenvalue weighted by molar-refractivity contribution is 0.0856. The number of carbonyl (C=O) groups is 1. The minimum absolute atomic E-state index is 0.320. The molecule has 6 nitrogen and oxygen atoms in total. The predicted molar refractivity (Wildman–Crippen MR) is 93.1 cm³/mol. The number of pyridine rings is 1. The summed E-state index contributed by atoms with van der Waals surface area (Å²) >= 11 is 0. The Balaban J connectivity index is 1.94. The SMILES string of the molecule is COc1ccc(C(=O)N(O)c2ccncc2)c2c1oc1ccccc12. The van der Waals surface area contributed by atoms with Crippen molar-refractivity contribution in [2.24, 2.45) is 0 Å². The Hall–Kier alpha value is -3.38. The number of hydrogen-bond donors (Lipinski definition) is 1. The van der Waals surface area contributed by atoms with Crippen molar-refractivity contribution >= 4 is 33.5 Å². The standard InChI is InChI=1S/C19H14N2O4/c1-24-16-7-6-14(19(22)21(23)12-8-10-20-11-9-12)17-13-4-2-3-5-15(13)25-18(16)17/h2-11,23H,1H3. The first-order valence-corrected chi connectivity index (χ1v) is 7.62. The summed E-state index contributed by atoms with van der Waals surface area (Å²) in [5, 5.41) is 12.3. The average molecular weight is 334 g/mol. The third-order valence-corrected chi connectivity index (χ3v) is 4.04. The summed E-state index contributed by atoms with van der Waals surface area (Å²) in [5.74, 6) is -0.0402. The topological polar surface area (TPSA) is 75.8 Å². The molecule has 2 heterocycles. The fourth-order valence-corrected chi connectivity index (χ4v) is 2.86. The number of nitrogens with zero attached hydrogens (tertiary/aromatic N) is 2. The maximum atomic E-state index is 12.9. The first-order valence-electron chi connectivity index (χ1n) is 7.62. The van der Waals surface area contributed by atoms with E-state index in [1.165, 1.54) is 12.4 Å². The van der Waals surface area contributed by atoms with Gasteiger partial charge in [0.05, 0.1) is 18.4 Å². The Morgan fingerprint density at radius 2 is 1.88 bits per heavy atom. The number of benzene rings is 2. The minimum Gasteiger partial charge on any atom is -0.493 e. The number of hydrogen-bond acceptors (Lipinski definition) is 5. The van der Waals surface area contributed by atoms with Crippen LogP contribution in [0.15, 0.2) is 65.3 Å². The van der Waals surface area contributed by atoms with Crippen LogP contribution in [0, 0.1) is 0 Å². The molecular formula is C19H14N2O4. The van der Waals surface area contributed by atoms with Crippen LogP contribution in [0.4, 0.5) is 5.69 Å². The minimum atomic E-state index is -0.564. The molecule has 0 bridgehead atoms. The summed E-state index contributed by atoms with van der Waals surface area (Å²) in [5.41, 5.74) is 1.76. The van der Waals surface area contributed by atoms with E-state index in [0.717, 1.165) is 5.39 Å². The Kier molecular flexibility index (Phi) is 3.59. The second-order valence-electron chi connectivity index (χ2n) is 5.44. The molecule has 0 aliphatic carbocycles. The highest BCUT2D eigenvalue weighted by molar-refractivity contribution is 6.20. The van der Waals surface area contributed by atoms with Crippen LogP contribution in [0.3, 0.4) is 0 Å². The van der Waals surface area contributed by atoms with Crippen molar-refractivity contribution in [1.82, 2.24) is 4.98 Å². The van der Waals surface area contributed by atoms with Crippen LogP contribution >= 0.6 is 0 Å². The van der Waals surface area contributed by atoms with Gasteiger partial charge in [-0.1, -0.05) is 18.2 Å². The summed E-state index contributed by atoms with van der Waals surface area (Å²) < 4.78 is 11.2. The summed E-state index contributed by atoms with van der Waals surface area (Å²) in [6, 6.07) is 13.8. The molecular weight excluding hydrogens is 320 g/mol. The van der Waals surface area contributed by atoms with Gasteiger partial charge in [-0.2, -0.15) is 5.06 Å². The smallest absolute Gasteiger partial charge is 0.282 e. The zero-order valence-electron chi connectivity index (χ0n) is 13.3. The quantitative estimate of drug-likeness (QED) is 0.452. The first kappa shape index (κ1) is 15.2. The molecule has 0 aliphatic heterocycles. The number of ether oxygens (including phenoxy) is 1. The third-order valence-electron chi connectivity index (χ3n) is 4.04. The van der Waals surface area contributed by atoms with Gasteiger partial charge in [0.15, 0.2) is 11.3 Å². The van der Waals surface area contributed by atoms with Crippen LogP contribution in [-0.2, 0) is 0 Å². The van der Waals surface area contributed by atoms with Gasteiger partial charge in [-0.25, -0.2) is 0 Å². The van der Waals surface area contributed by atoms with Crippen LogP contribution in [-0.4, -0.2) is 23.2 Å². The molecule has 1 amide bonds. The van der Waals surface area contributed by atoms with E-state index >= 15 is 0 Å². The summed E-state index contributed by atoms with van der Waals surface area (Å²) in [6.07, 6.45) is 3.01. The van der Waals surface area contributed by atoms with E-state index in [9.17, 15) is 10.0 Å². The Morgan fingerprint density at radius 1 is 1.12 bits per heavy atom. The van der Waals surface area contributed by atoms with Crippen molar-refractivity contribution in [2.75, 3.05) is 12.2 Å². The second-order valence-corrected chi connectivity index (χ2v) is 5.44. The van der Waals surface area contributed by atoms with Gasteiger partial charge >= 0.3 is 0 Å². The molecule has 0 saturated heterocycles. The maximum absolute atomic E-state index is 12.9. The monoisotopic (exact) mass is 334 g/mol. The molecule has 0 aliphatic rings. The second kappa shape index (κ2) is 5.92. The fourth-order valence-electron chi connectivity index (χ4n) is 2.86. The van der Waals surface area contributed by atoms with Gasteiger partial charge < -0.3 is 9.15 Å². The van der Waals surface area contributed by atoms with Crippen molar-refractivity contribution in [3.8, 4) is 5.75 Å². The zero-order chi connectivity index (χ0) is 17.4. The van der Waals surface area contributed by atoms with Crippen molar-refractivity contribution in [1.29, 1.82) is 0 Å². The van der Waals surface area contributed by atoms with E-state index in [1.54, 1.807) is 31.4 Å². The molecule has 0 atom stereocenters. The molecule has 0 spiro atoms. The van der Waals surface area contributed by atoms with Crippen LogP contribution in [0.2, 0.25) is 0 Å². The molecule has 1 N–H and O–H groups in total. The van der Waals surface area contributed by atoms with Crippen molar-refractivity contribution in [3.63, 3.8) is 0 Å². The number of para-hydroxylation sites is 1. The van der Waals surface area contributed by atoms with Crippen molar-refractivity contribution < 1.29 is 19.2 Å². The molecule has 0 unspecified atom stereocenters. The van der Waals surface area contributed by atoms with Gasteiger partial charge in [-0.3, -0.25) is 15.0 Å². The lowest BCUT2D eigenvalue weighted by Gasteiger charge is -2.15. The molecule has 0 radical (unpaired) electrons. The Bertz CT molecular complexity index is 1070. The highest BCUT2D eigenvalue weighted by atomic mass is 16.5. The number of furan rings is 1. The molecule has 4 aromatic rings. The first-order chi connectivity index (χ1) is 12.2. The number of hydroxylamine groups is 1. The molecule has 124 valence electrons. The lowest BCUT2D eigenvalue weighted by Crippen LogP contribution is -2.27. The number of methoxy groups -OCH3 is 1. The van der Waals surface area contributed by atoms with Crippen LogP contribution in [0.25, 0.3) is 21.9 Å². The molecule has 2 aromatic heterocycles. The largest absolute Gasteiger partial charge is 0.493 e. The third kappa shape index (κ3) is 2.40. The van der Waals surface area contributed by atoms with E-state index in [2.05, 4.69) is 4.98 Å². The normalized spacial score (nSPS) is 11.0. The Labute approximate surface area is 142 Å². The van der Waals surface area contributed by atoms with E-state index in [1.807, 2.05) is 24.3 Å². The number of amides is 1. The molecule has 4 rings (SSSR count). The highest BCUT2D eigenvalue weighted by Gasteiger charge is 2.23. The fraction of sp³-hybridized carbons (Fsp3) is 0.0526. The van der Waals surface area contributed by atoms with Gasteiger partial charge in [0.1, 0.15) is 5.58 Å². The molecule has 0 saturated carbocycles. The number of carbonyl (C=O) groups excluding carboxylic acids is 1. The lowest BCUT2D eigenvalue weighted by atomic mass is 10.0. The number of aromatic nitrogens is 1. The van der Waals surface area contributed by atoms with Crippen LogP contribution in [0.1, 0.15) is 10.4 Å². The van der Waals surface area contributed by atoms with Crippen molar-refractivity contribution in [2.45, 2.75) is 0 Å². The van der Waals surface area contributed by atoms with E-state index in [4.69, 9.17) is 9.15 Å². The summed E-state index contributed by atoms with van der Waals surface area (Å²) in [4.78, 5) is 16.8. The van der Waals surface area contributed by atoms with Gasteiger partial charge in [-0.15, -0.1) is 0 Å². The maximum Gasteiger partial charge on any atom is 0.282 e. The summed E-state index contributed by atoms with van der Waals surface area (Å²) in [6.45, 7) is 0. The average Bonchev–Trinajstić information content (AvgIpc) is 3.06. The van der Waals surface area contributed by atoms with E-state index in [-0.39, 0.29) is 0 Å². The van der Waals surface area contributed by atoms with Gasteiger partial charge in [0.2, 0.25) is 0 Å². The van der Waals surface area contributed by atoms with Gasteiger partial charge in [0, 0.05) is 23.2 Å². The molecule has 6 heteroatoms. The number of anilines is 1. The van der Waals surface area contributed by atoms with E-state index < -0.39 is 5.91 Å². The van der Waals surface area contributed by atoms with Crippen LogP contribution in [0.5, 0.6) is 5.75 Å². The van der Waals surface area contributed by atoms with Gasteiger partial charge in [0.25, 0.3) is 5.91 Å². The van der Waals surface area contributed by atoms with Crippen molar-refractivity contribution in [3.05, 3.63) is 66.5 Å². The molecule has 25 heavy (non-hydrogen) atoms. The molecule has 2 aromatic carbocycles. The summed E-state index contributed by atoms with van der Waals surface area (Å²) in [7, 11) is 1.54. The van der Waals surface area contributed by atoms with Gasteiger partial charge in [-0.05, 0) is 30.3 Å². The molecule has 0 fully saturated rings. The predicted octanol–water partition coefficient (Wildman–Crippen LogP) is 4.03. The Morgan fingerprint density at radius 3 is 2.64 bits per heavy atom.